The van der Waals surface area contributed by atoms with E-state index in [0.29, 0.717) is 24.5 Å². The number of carbonyl (C=O) groups excluding carboxylic acids is 2. The van der Waals surface area contributed by atoms with E-state index < -0.39 is 0 Å². The van der Waals surface area contributed by atoms with Crippen LogP contribution < -0.4 is 10.1 Å². The van der Waals surface area contributed by atoms with E-state index in [1.165, 1.54) is 12.5 Å². The van der Waals surface area contributed by atoms with Crippen molar-refractivity contribution in [3.63, 3.8) is 0 Å². The fourth-order valence-electron chi connectivity index (χ4n) is 2.42. The van der Waals surface area contributed by atoms with Gasteiger partial charge in [-0.15, -0.1) is 0 Å². The first-order chi connectivity index (χ1) is 12.0. The highest BCUT2D eigenvalue weighted by atomic mass is 16.5. The molecule has 0 aromatic heterocycles. The largest absolute Gasteiger partial charge is 0.497 e. The van der Waals surface area contributed by atoms with Crippen LogP contribution in [-0.2, 0) is 16.1 Å². The third-order valence-electron chi connectivity index (χ3n) is 3.90. The van der Waals surface area contributed by atoms with Crippen LogP contribution in [0.1, 0.15) is 24.5 Å². The SMILES string of the molecule is COc1cccc(NC(=O)CCN(Cc2ccc(C)cc2)C(C)=O)c1. The first-order valence-corrected chi connectivity index (χ1v) is 8.23. The molecule has 0 aliphatic heterocycles. The number of nitrogens with zero attached hydrogens (tertiary/aromatic N) is 1. The molecule has 0 saturated heterocycles. The molecule has 0 spiro atoms. The normalized spacial score (nSPS) is 10.2. The number of hydrogen-bond acceptors (Lipinski definition) is 3. The van der Waals surface area contributed by atoms with E-state index in [0.717, 1.165) is 5.56 Å². The monoisotopic (exact) mass is 340 g/mol. The number of ether oxygens (including phenoxy) is 1. The summed E-state index contributed by atoms with van der Waals surface area (Å²) < 4.78 is 5.14. The Hall–Kier alpha value is -2.82. The van der Waals surface area contributed by atoms with Gasteiger partial charge in [0.25, 0.3) is 0 Å². The summed E-state index contributed by atoms with van der Waals surface area (Å²) in [7, 11) is 1.58. The van der Waals surface area contributed by atoms with Gasteiger partial charge in [0.1, 0.15) is 5.75 Å². The topological polar surface area (TPSA) is 58.6 Å². The van der Waals surface area contributed by atoms with Crippen molar-refractivity contribution >= 4 is 17.5 Å². The van der Waals surface area contributed by atoms with Crippen molar-refractivity contribution in [2.75, 3.05) is 19.0 Å². The van der Waals surface area contributed by atoms with Crippen LogP contribution in [0.4, 0.5) is 5.69 Å². The Kier molecular flexibility index (Phi) is 6.57. The van der Waals surface area contributed by atoms with Gasteiger partial charge in [-0.05, 0) is 24.6 Å². The van der Waals surface area contributed by atoms with Crippen molar-refractivity contribution in [1.29, 1.82) is 0 Å². The molecule has 5 nitrogen and oxygen atoms in total. The first-order valence-electron chi connectivity index (χ1n) is 8.23. The summed E-state index contributed by atoms with van der Waals surface area (Å²) in [6.07, 6.45) is 0.239. The zero-order chi connectivity index (χ0) is 18.2. The molecule has 0 aliphatic carbocycles. The lowest BCUT2D eigenvalue weighted by molar-refractivity contribution is -0.129. The Morgan fingerprint density at radius 3 is 2.48 bits per heavy atom. The van der Waals surface area contributed by atoms with Gasteiger partial charge in [0, 0.05) is 38.2 Å². The number of aryl methyl sites for hydroxylation is 1. The Morgan fingerprint density at radius 2 is 1.84 bits per heavy atom. The third-order valence-corrected chi connectivity index (χ3v) is 3.90. The fraction of sp³-hybridized carbons (Fsp3) is 0.300. The minimum Gasteiger partial charge on any atom is -0.497 e. The lowest BCUT2D eigenvalue weighted by Gasteiger charge is -2.21. The molecular weight excluding hydrogens is 316 g/mol. The molecule has 1 N–H and O–H groups in total. The third kappa shape index (κ3) is 5.95. The summed E-state index contributed by atoms with van der Waals surface area (Å²) in [4.78, 5) is 25.7. The molecule has 2 aromatic rings. The summed E-state index contributed by atoms with van der Waals surface area (Å²) in [5, 5.41) is 2.83. The summed E-state index contributed by atoms with van der Waals surface area (Å²) >= 11 is 0. The molecule has 2 aromatic carbocycles. The number of rotatable bonds is 7. The molecule has 0 unspecified atom stereocenters. The fourth-order valence-corrected chi connectivity index (χ4v) is 2.42. The van der Waals surface area contributed by atoms with Gasteiger partial charge in [0.05, 0.1) is 7.11 Å². The van der Waals surface area contributed by atoms with E-state index in [9.17, 15) is 9.59 Å². The molecule has 0 bridgehead atoms. The van der Waals surface area contributed by atoms with Crippen LogP contribution in [0.2, 0.25) is 0 Å². The molecule has 5 heteroatoms. The number of carbonyl (C=O) groups is 2. The highest BCUT2D eigenvalue weighted by Gasteiger charge is 2.12. The second-order valence-electron chi connectivity index (χ2n) is 5.96. The van der Waals surface area contributed by atoms with Gasteiger partial charge in [0.15, 0.2) is 0 Å². The number of methoxy groups -OCH3 is 1. The Morgan fingerprint density at radius 1 is 1.12 bits per heavy atom. The van der Waals surface area contributed by atoms with Gasteiger partial charge in [-0.3, -0.25) is 9.59 Å². The van der Waals surface area contributed by atoms with E-state index in [2.05, 4.69) is 5.32 Å². The molecule has 2 rings (SSSR count). The predicted molar refractivity (Wildman–Crippen MR) is 98.5 cm³/mol. The van der Waals surface area contributed by atoms with Crippen LogP contribution in [0.3, 0.4) is 0 Å². The predicted octanol–water partition coefficient (Wildman–Crippen LogP) is 3.38. The first kappa shape index (κ1) is 18.5. The van der Waals surface area contributed by atoms with Crippen LogP contribution in [0, 0.1) is 6.92 Å². The molecule has 132 valence electrons. The highest BCUT2D eigenvalue weighted by molar-refractivity contribution is 5.91. The maximum absolute atomic E-state index is 12.1. The van der Waals surface area contributed by atoms with Crippen LogP contribution in [-0.4, -0.2) is 30.4 Å². The number of benzene rings is 2. The average molecular weight is 340 g/mol. The standard InChI is InChI=1S/C20H24N2O3/c1-15-7-9-17(10-8-15)14-22(16(2)23)12-11-20(24)21-18-5-4-6-19(13-18)25-3/h4-10,13H,11-12,14H2,1-3H3,(H,21,24). The van der Waals surface area contributed by atoms with Crippen molar-refractivity contribution in [3.8, 4) is 5.75 Å². The summed E-state index contributed by atoms with van der Waals surface area (Å²) in [5.41, 5.74) is 2.90. The molecule has 0 radical (unpaired) electrons. The molecule has 0 fully saturated rings. The number of nitrogens with one attached hydrogen (secondary N) is 1. The Bertz CT molecular complexity index is 726. The van der Waals surface area contributed by atoms with E-state index in [-0.39, 0.29) is 18.2 Å². The summed E-state index contributed by atoms with van der Waals surface area (Å²) in [5.74, 6) is 0.501. The van der Waals surface area contributed by atoms with E-state index >= 15 is 0 Å². The summed E-state index contributed by atoms with van der Waals surface area (Å²) in [6.45, 7) is 4.42. The minimum absolute atomic E-state index is 0.0465. The molecular formula is C20H24N2O3. The molecule has 0 aliphatic rings. The molecule has 25 heavy (non-hydrogen) atoms. The maximum Gasteiger partial charge on any atom is 0.226 e. The Balaban J connectivity index is 1.90. The zero-order valence-corrected chi connectivity index (χ0v) is 14.9. The molecule has 0 atom stereocenters. The number of anilines is 1. The van der Waals surface area contributed by atoms with E-state index in [1.54, 1.807) is 24.1 Å². The second-order valence-corrected chi connectivity index (χ2v) is 5.96. The van der Waals surface area contributed by atoms with Crippen molar-refractivity contribution in [1.82, 2.24) is 4.90 Å². The van der Waals surface area contributed by atoms with Crippen molar-refractivity contribution in [2.45, 2.75) is 26.8 Å². The van der Waals surface area contributed by atoms with Gasteiger partial charge >= 0.3 is 0 Å². The molecule has 2 amide bonds. The van der Waals surface area contributed by atoms with Gasteiger partial charge in [0.2, 0.25) is 11.8 Å². The lowest BCUT2D eigenvalue weighted by atomic mass is 10.1. The van der Waals surface area contributed by atoms with Crippen LogP contribution in [0.5, 0.6) is 5.75 Å². The van der Waals surface area contributed by atoms with Gasteiger partial charge in [-0.25, -0.2) is 0 Å². The molecule has 0 heterocycles. The van der Waals surface area contributed by atoms with E-state index in [1.807, 2.05) is 43.3 Å². The van der Waals surface area contributed by atoms with Gasteiger partial charge in [-0.1, -0.05) is 35.9 Å². The quantitative estimate of drug-likeness (QED) is 0.840. The second kappa shape index (κ2) is 8.87. The summed E-state index contributed by atoms with van der Waals surface area (Å²) in [6, 6.07) is 15.2. The van der Waals surface area contributed by atoms with Crippen molar-refractivity contribution in [3.05, 3.63) is 59.7 Å². The van der Waals surface area contributed by atoms with Crippen molar-refractivity contribution in [2.24, 2.45) is 0 Å². The molecule has 0 saturated carbocycles. The lowest BCUT2D eigenvalue weighted by Crippen LogP contribution is -2.31. The highest BCUT2D eigenvalue weighted by Crippen LogP contribution is 2.17. The number of hydrogen-bond donors (Lipinski definition) is 1. The van der Waals surface area contributed by atoms with Crippen molar-refractivity contribution < 1.29 is 14.3 Å². The van der Waals surface area contributed by atoms with Gasteiger partial charge in [-0.2, -0.15) is 0 Å². The van der Waals surface area contributed by atoms with Crippen LogP contribution >= 0.6 is 0 Å². The van der Waals surface area contributed by atoms with Crippen LogP contribution in [0.25, 0.3) is 0 Å². The minimum atomic E-state index is -0.136. The zero-order valence-electron chi connectivity index (χ0n) is 14.9. The van der Waals surface area contributed by atoms with Gasteiger partial charge < -0.3 is 15.0 Å². The smallest absolute Gasteiger partial charge is 0.226 e. The van der Waals surface area contributed by atoms with E-state index in [4.69, 9.17) is 4.74 Å². The maximum atomic E-state index is 12.1. The number of amides is 2. The average Bonchev–Trinajstić information content (AvgIpc) is 2.60. The Labute approximate surface area is 148 Å². The van der Waals surface area contributed by atoms with Crippen LogP contribution in [0.15, 0.2) is 48.5 Å².